The van der Waals surface area contributed by atoms with Crippen molar-refractivity contribution in [2.75, 3.05) is 46.9 Å². The monoisotopic (exact) mass is 282 g/mol. The average Bonchev–Trinajstić information content (AvgIpc) is 2.43. The number of halogens is 1. The highest BCUT2D eigenvalue weighted by molar-refractivity contribution is 6.32. The van der Waals surface area contributed by atoms with Crippen LogP contribution in [-0.4, -0.2) is 56.7 Å². The van der Waals surface area contributed by atoms with E-state index >= 15 is 0 Å². The maximum Gasteiger partial charge on any atom is 0.137 e. The summed E-state index contributed by atoms with van der Waals surface area (Å²) in [5, 5.41) is 0.685. The van der Waals surface area contributed by atoms with Crippen molar-refractivity contribution in [3.8, 4) is 5.75 Å². The highest BCUT2D eigenvalue weighted by Crippen LogP contribution is 2.25. The molecule has 2 rings (SSSR count). The van der Waals surface area contributed by atoms with Gasteiger partial charge in [0.2, 0.25) is 0 Å². The quantitative estimate of drug-likeness (QED) is 0.825. The molecular weight excluding hydrogens is 260 g/mol. The number of hydrogen-bond acceptors (Lipinski definition) is 3. The fourth-order valence-electron chi connectivity index (χ4n) is 2.44. The molecule has 1 heterocycles. The summed E-state index contributed by atoms with van der Waals surface area (Å²) in [6, 6.07) is 6.06. The summed E-state index contributed by atoms with van der Waals surface area (Å²) in [6.07, 6.45) is 2.27. The van der Waals surface area contributed by atoms with Crippen molar-refractivity contribution >= 4 is 11.6 Å². The van der Waals surface area contributed by atoms with Crippen molar-refractivity contribution in [2.45, 2.75) is 12.8 Å². The van der Waals surface area contributed by atoms with Crippen LogP contribution in [0.2, 0.25) is 5.02 Å². The third-order valence-electron chi connectivity index (χ3n) is 3.75. The molecule has 4 heteroatoms. The summed E-state index contributed by atoms with van der Waals surface area (Å²) < 4.78 is 5.25. The molecule has 1 saturated heterocycles. The zero-order valence-electron chi connectivity index (χ0n) is 11.9. The maximum absolute atomic E-state index is 6.03. The van der Waals surface area contributed by atoms with Gasteiger partial charge in [0.1, 0.15) is 5.75 Å². The zero-order chi connectivity index (χ0) is 13.7. The van der Waals surface area contributed by atoms with E-state index < -0.39 is 0 Å². The van der Waals surface area contributed by atoms with Gasteiger partial charge >= 0.3 is 0 Å². The van der Waals surface area contributed by atoms with Crippen LogP contribution in [0.3, 0.4) is 0 Å². The number of piperazine rings is 1. The highest BCUT2D eigenvalue weighted by Gasteiger charge is 2.12. The molecule has 0 bridgehead atoms. The molecule has 0 amide bonds. The smallest absolute Gasteiger partial charge is 0.137 e. The number of benzene rings is 1. The Morgan fingerprint density at radius 3 is 2.63 bits per heavy atom. The second-order valence-corrected chi connectivity index (χ2v) is 5.62. The van der Waals surface area contributed by atoms with Gasteiger partial charge in [0.25, 0.3) is 0 Å². The lowest BCUT2D eigenvalue weighted by atomic mass is 10.1. The number of rotatable bonds is 5. The standard InChI is InChI=1S/C15H23ClN2O/c1-17-8-10-18(11-9-17)7-3-4-13-5-6-14(16)15(12-13)19-2/h5-6,12H,3-4,7-11H2,1-2H3. The third kappa shape index (κ3) is 4.37. The first kappa shape index (κ1) is 14.6. The van der Waals surface area contributed by atoms with Gasteiger partial charge in [-0.1, -0.05) is 17.7 Å². The minimum Gasteiger partial charge on any atom is -0.495 e. The van der Waals surface area contributed by atoms with Crippen LogP contribution in [0.15, 0.2) is 18.2 Å². The molecule has 0 aliphatic carbocycles. The summed E-state index contributed by atoms with van der Waals surface area (Å²) in [5.74, 6) is 0.777. The van der Waals surface area contributed by atoms with Crippen LogP contribution < -0.4 is 4.74 Å². The van der Waals surface area contributed by atoms with Crippen LogP contribution in [-0.2, 0) is 6.42 Å². The molecule has 0 atom stereocenters. The van der Waals surface area contributed by atoms with Crippen LogP contribution >= 0.6 is 11.6 Å². The van der Waals surface area contributed by atoms with Crippen molar-refractivity contribution in [3.63, 3.8) is 0 Å². The molecule has 0 aromatic heterocycles. The number of likely N-dealkylation sites (N-methyl/N-ethyl adjacent to an activating group) is 1. The zero-order valence-corrected chi connectivity index (χ0v) is 12.6. The summed E-state index contributed by atoms with van der Waals surface area (Å²) >= 11 is 6.03. The fraction of sp³-hybridized carbons (Fsp3) is 0.600. The highest BCUT2D eigenvalue weighted by atomic mass is 35.5. The van der Waals surface area contributed by atoms with Gasteiger partial charge in [0.15, 0.2) is 0 Å². The predicted molar refractivity (Wildman–Crippen MR) is 80.3 cm³/mol. The van der Waals surface area contributed by atoms with Gasteiger partial charge in [-0.15, -0.1) is 0 Å². The second-order valence-electron chi connectivity index (χ2n) is 5.22. The molecule has 0 saturated carbocycles. The summed E-state index contributed by atoms with van der Waals surface area (Å²) in [7, 11) is 3.85. The van der Waals surface area contributed by atoms with E-state index in [0.29, 0.717) is 5.02 Å². The molecule has 19 heavy (non-hydrogen) atoms. The number of nitrogens with zero attached hydrogens (tertiary/aromatic N) is 2. The van der Waals surface area contributed by atoms with Gasteiger partial charge in [-0.25, -0.2) is 0 Å². The molecule has 1 aliphatic rings. The Kier molecular flexibility index (Phi) is 5.49. The van der Waals surface area contributed by atoms with E-state index in [2.05, 4.69) is 22.9 Å². The van der Waals surface area contributed by atoms with Crippen molar-refractivity contribution in [3.05, 3.63) is 28.8 Å². The number of hydrogen-bond donors (Lipinski definition) is 0. The van der Waals surface area contributed by atoms with Crippen LogP contribution in [0.4, 0.5) is 0 Å². The van der Waals surface area contributed by atoms with Gasteiger partial charge in [-0.3, -0.25) is 0 Å². The molecule has 1 aliphatic heterocycles. The first-order valence-electron chi connectivity index (χ1n) is 6.92. The fourth-order valence-corrected chi connectivity index (χ4v) is 2.63. The molecule has 0 radical (unpaired) electrons. The van der Waals surface area contributed by atoms with E-state index in [-0.39, 0.29) is 0 Å². The number of methoxy groups -OCH3 is 1. The first-order valence-corrected chi connectivity index (χ1v) is 7.30. The van der Waals surface area contributed by atoms with Crippen LogP contribution in [0.1, 0.15) is 12.0 Å². The lowest BCUT2D eigenvalue weighted by Gasteiger charge is -2.32. The molecular formula is C15H23ClN2O. The van der Waals surface area contributed by atoms with Crippen LogP contribution in [0.5, 0.6) is 5.75 Å². The van der Waals surface area contributed by atoms with Crippen LogP contribution in [0, 0.1) is 0 Å². The van der Waals surface area contributed by atoms with Crippen molar-refractivity contribution in [1.82, 2.24) is 9.80 Å². The molecule has 1 aromatic carbocycles. The summed E-state index contributed by atoms with van der Waals surface area (Å²) in [6.45, 7) is 5.95. The minimum absolute atomic E-state index is 0.685. The second kappa shape index (κ2) is 7.13. The van der Waals surface area contributed by atoms with E-state index in [4.69, 9.17) is 16.3 Å². The molecule has 3 nitrogen and oxygen atoms in total. The average molecular weight is 283 g/mol. The lowest BCUT2D eigenvalue weighted by molar-refractivity contribution is 0.153. The molecule has 0 spiro atoms. The SMILES string of the molecule is COc1cc(CCCN2CCN(C)CC2)ccc1Cl. The normalized spacial score (nSPS) is 17.6. The topological polar surface area (TPSA) is 15.7 Å². The molecule has 1 fully saturated rings. The first-order chi connectivity index (χ1) is 9.19. The summed E-state index contributed by atoms with van der Waals surface area (Å²) in [4.78, 5) is 4.94. The van der Waals surface area contributed by atoms with E-state index in [9.17, 15) is 0 Å². The Bertz CT molecular complexity index is 403. The maximum atomic E-state index is 6.03. The van der Waals surface area contributed by atoms with Crippen LogP contribution in [0.25, 0.3) is 0 Å². The minimum atomic E-state index is 0.685. The van der Waals surface area contributed by atoms with E-state index in [1.807, 2.05) is 12.1 Å². The largest absolute Gasteiger partial charge is 0.495 e. The van der Waals surface area contributed by atoms with Gasteiger partial charge in [0, 0.05) is 26.2 Å². The third-order valence-corrected chi connectivity index (χ3v) is 4.06. The molecule has 0 N–H and O–H groups in total. The lowest BCUT2D eigenvalue weighted by Crippen LogP contribution is -2.44. The van der Waals surface area contributed by atoms with Gasteiger partial charge in [0.05, 0.1) is 12.1 Å². The van der Waals surface area contributed by atoms with Crippen molar-refractivity contribution in [1.29, 1.82) is 0 Å². The Hall–Kier alpha value is -0.770. The molecule has 106 valence electrons. The number of aryl methyl sites for hydroxylation is 1. The Balaban J connectivity index is 1.76. The molecule has 0 unspecified atom stereocenters. The Morgan fingerprint density at radius 1 is 1.21 bits per heavy atom. The van der Waals surface area contributed by atoms with Gasteiger partial charge < -0.3 is 14.5 Å². The Labute approximate surface area is 121 Å². The molecule has 1 aromatic rings. The van der Waals surface area contributed by atoms with E-state index in [0.717, 1.165) is 12.2 Å². The van der Waals surface area contributed by atoms with E-state index in [1.165, 1.54) is 44.7 Å². The van der Waals surface area contributed by atoms with Crippen molar-refractivity contribution < 1.29 is 4.74 Å². The van der Waals surface area contributed by atoms with Gasteiger partial charge in [-0.2, -0.15) is 0 Å². The van der Waals surface area contributed by atoms with E-state index in [1.54, 1.807) is 7.11 Å². The number of ether oxygens (including phenoxy) is 1. The van der Waals surface area contributed by atoms with Crippen molar-refractivity contribution in [2.24, 2.45) is 0 Å². The summed E-state index contributed by atoms with van der Waals surface area (Å²) in [5.41, 5.74) is 1.30. The Morgan fingerprint density at radius 2 is 1.95 bits per heavy atom. The van der Waals surface area contributed by atoms with Gasteiger partial charge in [-0.05, 0) is 44.1 Å². The predicted octanol–water partition coefficient (Wildman–Crippen LogP) is 2.53.